The standard InChI is InChI=1S/C2H6Cl2N2/c3-6(4)2-1-5/h1-2,5H2. The van der Waals surface area contributed by atoms with E-state index in [4.69, 9.17) is 29.3 Å². The van der Waals surface area contributed by atoms with Crippen molar-refractivity contribution in [2.24, 2.45) is 5.73 Å². The molecule has 0 aromatic carbocycles. The molecule has 0 aromatic heterocycles. The van der Waals surface area contributed by atoms with Crippen molar-refractivity contribution < 1.29 is 0 Å². The van der Waals surface area contributed by atoms with Gasteiger partial charge in [0.2, 0.25) is 0 Å². The van der Waals surface area contributed by atoms with Crippen LogP contribution in [-0.2, 0) is 0 Å². The summed E-state index contributed by atoms with van der Waals surface area (Å²) in [6, 6.07) is 0. The van der Waals surface area contributed by atoms with E-state index >= 15 is 0 Å². The molecule has 0 saturated heterocycles. The SMILES string of the molecule is NCCN(Cl)Cl. The highest BCUT2D eigenvalue weighted by atomic mass is 35.5. The predicted molar refractivity (Wildman–Crippen MR) is 27.5 cm³/mol. The van der Waals surface area contributed by atoms with E-state index in [1.165, 1.54) is 0 Å². The molecular weight excluding hydrogens is 123 g/mol. The van der Waals surface area contributed by atoms with Crippen LogP contribution in [0.5, 0.6) is 0 Å². The van der Waals surface area contributed by atoms with Gasteiger partial charge in [0.25, 0.3) is 0 Å². The summed E-state index contributed by atoms with van der Waals surface area (Å²) >= 11 is 10.2. The monoisotopic (exact) mass is 128 g/mol. The van der Waals surface area contributed by atoms with Gasteiger partial charge in [-0.1, -0.05) is 0 Å². The third-order valence-corrected chi connectivity index (χ3v) is 0.636. The van der Waals surface area contributed by atoms with Crippen molar-refractivity contribution in [2.75, 3.05) is 13.1 Å². The molecule has 0 aliphatic heterocycles. The molecular formula is C2H6Cl2N2. The number of hydrogen-bond donors (Lipinski definition) is 1. The highest BCUT2D eigenvalue weighted by molar-refractivity contribution is 6.33. The van der Waals surface area contributed by atoms with Gasteiger partial charge < -0.3 is 5.73 Å². The topological polar surface area (TPSA) is 29.3 Å². The molecule has 6 heavy (non-hydrogen) atoms. The lowest BCUT2D eigenvalue weighted by Gasteiger charge is -1.95. The Morgan fingerprint density at radius 1 is 1.50 bits per heavy atom. The van der Waals surface area contributed by atoms with Crippen LogP contribution in [0.25, 0.3) is 0 Å². The lowest BCUT2D eigenvalue weighted by atomic mass is 10.7. The summed E-state index contributed by atoms with van der Waals surface area (Å²) in [5, 5.41) is 0. The summed E-state index contributed by atoms with van der Waals surface area (Å²) < 4.78 is 1.00. The molecule has 0 amide bonds. The van der Waals surface area contributed by atoms with E-state index in [1.807, 2.05) is 0 Å². The van der Waals surface area contributed by atoms with E-state index in [0.717, 1.165) is 3.94 Å². The van der Waals surface area contributed by atoms with Crippen LogP contribution in [0.2, 0.25) is 0 Å². The fourth-order valence-corrected chi connectivity index (χ4v) is 0.293. The molecule has 0 rings (SSSR count). The maximum Gasteiger partial charge on any atom is 0.0427 e. The van der Waals surface area contributed by atoms with Gasteiger partial charge in [0.05, 0.1) is 0 Å². The minimum atomic E-state index is 0.493. The zero-order valence-electron chi connectivity index (χ0n) is 3.19. The Labute approximate surface area is 47.0 Å². The molecule has 2 N–H and O–H groups in total. The molecule has 2 nitrogen and oxygen atoms in total. The number of rotatable bonds is 2. The van der Waals surface area contributed by atoms with Gasteiger partial charge in [-0.05, 0) is 23.6 Å². The van der Waals surface area contributed by atoms with Crippen LogP contribution in [0.3, 0.4) is 0 Å². The molecule has 0 spiro atoms. The zero-order chi connectivity index (χ0) is 4.99. The summed E-state index contributed by atoms with van der Waals surface area (Å²) in [4.78, 5) is 0. The molecule has 0 aromatic rings. The van der Waals surface area contributed by atoms with E-state index in [9.17, 15) is 0 Å². The number of halogens is 2. The number of nitrogens with zero attached hydrogens (tertiary/aromatic N) is 1. The third-order valence-electron chi connectivity index (χ3n) is 0.298. The van der Waals surface area contributed by atoms with E-state index < -0.39 is 0 Å². The van der Waals surface area contributed by atoms with Crippen molar-refractivity contribution in [3.05, 3.63) is 0 Å². The maximum atomic E-state index is 5.10. The summed E-state index contributed by atoms with van der Waals surface area (Å²) in [5.74, 6) is 0. The first-order valence-corrected chi connectivity index (χ1v) is 2.24. The van der Waals surface area contributed by atoms with E-state index in [0.29, 0.717) is 13.1 Å². The van der Waals surface area contributed by atoms with Crippen LogP contribution in [0, 0.1) is 0 Å². The van der Waals surface area contributed by atoms with Gasteiger partial charge in [-0.3, -0.25) is 0 Å². The summed E-state index contributed by atoms with van der Waals surface area (Å²) in [7, 11) is 0. The van der Waals surface area contributed by atoms with E-state index in [2.05, 4.69) is 0 Å². The van der Waals surface area contributed by atoms with Gasteiger partial charge in [0, 0.05) is 13.1 Å². The van der Waals surface area contributed by atoms with Crippen molar-refractivity contribution in [3.8, 4) is 0 Å². The second kappa shape index (κ2) is 3.68. The van der Waals surface area contributed by atoms with Crippen LogP contribution in [0.15, 0.2) is 0 Å². The molecule has 0 heterocycles. The van der Waals surface area contributed by atoms with Gasteiger partial charge in [-0.25, -0.2) is 0 Å². The minimum Gasteiger partial charge on any atom is -0.329 e. The first-order chi connectivity index (χ1) is 2.77. The highest BCUT2D eigenvalue weighted by Gasteiger charge is 1.86. The lowest BCUT2D eigenvalue weighted by Crippen LogP contribution is -2.12. The molecule has 0 bridgehead atoms. The maximum absolute atomic E-state index is 5.10. The quantitative estimate of drug-likeness (QED) is 0.551. The van der Waals surface area contributed by atoms with Gasteiger partial charge in [0.1, 0.15) is 0 Å². The Hall–Kier alpha value is 0.500. The normalized spacial score (nSPS) is 10.0. The molecule has 0 unspecified atom stereocenters. The van der Waals surface area contributed by atoms with Crippen LogP contribution < -0.4 is 5.73 Å². The largest absolute Gasteiger partial charge is 0.329 e. The molecule has 0 fully saturated rings. The van der Waals surface area contributed by atoms with E-state index in [1.54, 1.807) is 0 Å². The Balaban J connectivity index is 2.63. The van der Waals surface area contributed by atoms with Crippen molar-refractivity contribution in [3.63, 3.8) is 0 Å². The first-order valence-electron chi connectivity index (χ1n) is 1.56. The zero-order valence-corrected chi connectivity index (χ0v) is 4.71. The molecule has 38 valence electrons. The smallest absolute Gasteiger partial charge is 0.0427 e. The lowest BCUT2D eigenvalue weighted by molar-refractivity contribution is 0.704. The fraction of sp³-hybridized carbons (Fsp3) is 1.00. The first kappa shape index (κ1) is 6.50. The van der Waals surface area contributed by atoms with Crippen LogP contribution in [0.4, 0.5) is 0 Å². The third kappa shape index (κ3) is 4.50. The summed E-state index contributed by atoms with van der Waals surface area (Å²) in [6.45, 7) is 1.01. The second-order valence-corrected chi connectivity index (χ2v) is 1.80. The average Bonchev–Trinajstić information content (AvgIpc) is 1.35. The van der Waals surface area contributed by atoms with Crippen molar-refractivity contribution in [1.82, 2.24) is 3.94 Å². The van der Waals surface area contributed by atoms with Gasteiger partial charge in [-0.15, -0.1) is 3.94 Å². The Morgan fingerprint density at radius 2 is 2.00 bits per heavy atom. The van der Waals surface area contributed by atoms with Crippen molar-refractivity contribution in [1.29, 1.82) is 0 Å². The molecule has 0 aliphatic rings. The number of hydrogen-bond acceptors (Lipinski definition) is 2. The Morgan fingerprint density at radius 3 is 2.00 bits per heavy atom. The molecule has 0 atom stereocenters. The second-order valence-electron chi connectivity index (χ2n) is 0.815. The minimum absolute atomic E-state index is 0.493. The molecule has 0 saturated carbocycles. The number of nitrogens with two attached hydrogens (primary N) is 1. The van der Waals surface area contributed by atoms with Crippen LogP contribution in [0.1, 0.15) is 0 Å². The average molecular weight is 129 g/mol. The van der Waals surface area contributed by atoms with Crippen LogP contribution in [-0.4, -0.2) is 17.0 Å². The van der Waals surface area contributed by atoms with Crippen molar-refractivity contribution in [2.45, 2.75) is 0 Å². The van der Waals surface area contributed by atoms with Crippen molar-refractivity contribution >= 4 is 23.6 Å². The summed E-state index contributed by atoms with van der Waals surface area (Å²) in [5.41, 5.74) is 5.02. The van der Waals surface area contributed by atoms with E-state index in [-0.39, 0.29) is 0 Å². The Bertz CT molecular complexity index is 30.7. The predicted octanol–water partition coefficient (Wildman–Crippen LogP) is 0.555. The van der Waals surface area contributed by atoms with Crippen LogP contribution >= 0.6 is 23.6 Å². The Kier molecular flexibility index (Phi) is 3.99. The van der Waals surface area contributed by atoms with Gasteiger partial charge >= 0.3 is 0 Å². The molecule has 4 heteroatoms. The van der Waals surface area contributed by atoms with Gasteiger partial charge in [0.15, 0.2) is 0 Å². The molecule has 0 radical (unpaired) electrons. The molecule has 0 aliphatic carbocycles. The highest BCUT2D eigenvalue weighted by Crippen LogP contribution is 1.93. The summed E-state index contributed by atoms with van der Waals surface area (Å²) in [6.07, 6.45) is 0. The fourth-order valence-electron chi connectivity index (χ4n) is 0.0976. The van der Waals surface area contributed by atoms with Gasteiger partial charge in [-0.2, -0.15) is 0 Å².